The van der Waals surface area contributed by atoms with Crippen molar-refractivity contribution >= 4 is 23.3 Å². The topological polar surface area (TPSA) is 70.6 Å². The number of anilines is 1. The molecule has 0 unspecified atom stereocenters. The van der Waals surface area contributed by atoms with Crippen molar-refractivity contribution in [1.29, 1.82) is 0 Å². The first-order chi connectivity index (χ1) is 9.08. The maximum absolute atomic E-state index is 11.8. The molecule has 6 heteroatoms. The Bertz CT molecular complexity index is 475. The van der Waals surface area contributed by atoms with Crippen molar-refractivity contribution in [2.24, 2.45) is 5.41 Å². The van der Waals surface area contributed by atoms with Gasteiger partial charge in [0.05, 0.1) is 24.4 Å². The number of methoxy groups -OCH3 is 1. The van der Waals surface area contributed by atoms with Crippen LogP contribution in [0.15, 0.2) is 18.2 Å². The van der Waals surface area contributed by atoms with Gasteiger partial charge in [-0.3, -0.25) is 0 Å². The van der Waals surface area contributed by atoms with Crippen molar-refractivity contribution in [2.75, 3.05) is 25.6 Å². The molecule has 0 saturated heterocycles. The van der Waals surface area contributed by atoms with E-state index in [1.54, 1.807) is 25.3 Å². The van der Waals surface area contributed by atoms with E-state index in [1.807, 2.05) is 0 Å². The van der Waals surface area contributed by atoms with Gasteiger partial charge in [0.1, 0.15) is 5.75 Å². The van der Waals surface area contributed by atoms with Crippen LogP contribution >= 0.6 is 11.6 Å². The number of nitrogens with one attached hydrogen (secondary N) is 2. The molecule has 0 aromatic heterocycles. The van der Waals surface area contributed by atoms with Gasteiger partial charge < -0.3 is 20.5 Å². The molecule has 2 rings (SSSR count). The maximum Gasteiger partial charge on any atom is 0.319 e. The third kappa shape index (κ3) is 3.52. The van der Waals surface area contributed by atoms with E-state index < -0.39 is 0 Å². The van der Waals surface area contributed by atoms with E-state index in [0.717, 1.165) is 12.8 Å². The quantitative estimate of drug-likeness (QED) is 0.776. The molecule has 3 N–H and O–H groups in total. The first kappa shape index (κ1) is 14.0. The molecule has 0 atom stereocenters. The highest BCUT2D eigenvalue weighted by atomic mass is 35.5. The van der Waals surface area contributed by atoms with Gasteiger partial charge in [-0.15, -0.1) is 0 Å². The number of hydrogen-bond donors (Lipinski definition) is 3. The number of ether oxygens (including phenoxy) is 1. The minimum Gasteiger partial charge on any atom is -0.497 e. The Labute approximate surface area is 116 Å². The number of benzene rings is 1. The highest BCUT2D eigenvalue weighted by Gasteiger charge is 2.42. The lowest BCUT2D eigenvalue weighted by Crippen LogP contribution is -2.35. The molecule has 1 aromatic rings. The summed E-state index contributed by atoms with van der Waals surface area (Å²) in [5.41, 5.74) is 0.377. The Balaban J connectivity index is 1.91. The largest absolute Gasteiger partial charge is 0.497 e. The third-order valence-electron chi connectivity index (χ3n) is 3.34. The van der Waals surface area contributed by atoms with Crippen LogP contribution in [0.4, 0.5) is 10.5 Å². The smallest absolute Gasteiger partial charge is 0.319 e. The fraction of sp³-hybridized carbons (Fsp3) is 0.462. The normalized spacial score (nSPS) is 15.7. The molecule has 0 heterocycles. The first-order valence-electron chi connectivity index (χ1n) is 6.08. The Hall–Kier alpha value is -1.46. The molecule has 0 aliphatic heterocycles. The van der Waals surface area contributed by atoms with Crippen LogP contribution in [0, 0.1) is 5.41 Å². The van der Waals surface area contributed by atoms with Crippen LogP contribution in [0.5, 0.6) is 5.75 Å². The van der Waals surface area contributed by atoms with Crippen molar-refractivity contribution < 1.29 is 14.6 Å². The Morgan fingerprint density at radius 2 is 2.26 bits per heavy atom. The SMILES string of the molecule is COc1ccc(Cl)c(NC(=O)NCC2(CO)CC2)c1. The molecule has 104 valence electrons. The van der Waals surface area contributed by atoms with Crippen molar-refractivity contribution in [3.05, 3.63) is 23.2 Å². The summed E-state index contributed by atoms with van der Waals surface area (Å²) >= 11 is 5.99. The lowest BCUT2D eigenvalue weighted by Gasteiger charge is -2.14. The van der Waals surface area contributed by atoms with Crippen LogP contribution in [0.1, 0.15) is 12.8 Å². The molecule has 1 aliphatic rings. The van der Waals surface area contributed by atoms with Crippen LogP contribution in [-0.4, -0.2) is 31.4 Å². The monoisotopic (exact) mass is 284 g/mol. The van der Waals surface area contributed by atoms with Crippen LogP contribution in [0.25, 0.3) is 0 Å². The van der Waals surface area contributed by atoms with Gasteiger partial charge in [-0.2, -0.15) is 0 Å². The fourth-order valence-electron chi connectivity index (χ4n) is 1.73. The van der Waals surface area contributed by atoms with E-state index >= 15 is 0 Å². The summed E-state index contributed by atoms with van der Waals surface area (Å²) in [4.78, 5) is 11.8. The molecular formula is C13H17ClN2O3. The fourth-order valence-corrected chi connectivity index (χ4v) is 1.89. The molecule has 1 fully saturated rings. The summed E-state index contributed by atoms with van der Waals surface area (Å²) in [6.45, 7) is 0.574. The average Bonchev–Trinajstić information content (AvgIpc) is 3.20. The van der Waals surface area contributed by atoms with E-state index in [0.29, 0.717) is 23.0 Å². The van der Waals surface area contributed by atoms with Crippen LogP contribution in [0.3, 0.4) is 0 Å². The number of rotatable bonds is 5. The summed E-state index contributed by atoms with van der Waals surface area (Å²) < 4.78 is 5.07. The summed E-state index contributed by atoms with van der Waals surface area (Å²) in [6, 6.07) is 4.69. The number of hydrogen-bond acceptors (Lipinski definition) is 3. The Kier molecular flexibility index (Phi) is 4.17. The molecule has 0 radical (unpaired) electrons. The number of carbonyl (C=O) groups is 1. The van der Waals surface area contributed by atoms with Crippen molar-refractivity contribution in [1.82, 2.24) is 5.32 Å². The zero-order chi connectivity index (χ0) is 13.9. The highest BCUT2D eigenvalue weighted by Crippen LogP contribution is 2.44. The summed E-state index contributed by atoms with van der Waals surface area (Å²) in [5.74, 6) is 0.619. The van der Waals surface area contributed by atoms with Gasteiger partial charge in [-0.1, -0.05) is 11.6 Å². The standard InChI is InChI=1S/C13H17ClN2O3/c1-19-9-2-3-10(14)11(6-9)16-12(18)15-7-13(8-17)4-5-13/h2-3,6,17H,4-5,7-8H2,1H3,(H2,15,16,18). The van der Waals surface area contributed by atoms with E-state index in [1.165, 1.54) is 0 Å². The highest BCUT2D eigenvalue weighted by molar-refractivity contribution is 6.33. The van der Waals surface area contributed by atoms with Crippen LogP contribution in [0.2, 0.25) is 5.02 Å². The first-order valence-corrected chi connectivity index (χ1v) is 6.46. The van der Waals surface area contributed by atoms with E-state index in [-0.39, 0.29) is 18.1 Å². The van der Waals surface area contributed by atoms with Crippen molar-refractivity contribution in [3.8, 4) is 5.75 Å². The van der Waals surface area contributed by atoms with Crippen molar-refractivity contribution in [3.63, 3.8) is 0 Å². The number of amides is 2. The number of halogens is 1. The van der Waals surface area contributed by atoms with Crippen LogP contribution in [-0.2, 0) is 0 Å². The minimum absolute atomic E-state index is 0.104. The summed E-state index contributed by atoms with van der Waals surface area (Å²) in [6.07, 6.45) is 1.90. The van der Waals surface area contributed by atoms with E-state index in [9.17, 15) is 4.79 Å². The zero-order valence-corrected chi connectivity index (χ0v) is 11.5. The molecule has 1 saturated carbocycles. The molecule has 5 nitrogen and oxygen atoms in total. The second kappa shape index (κ2) is 5.67. The van der Waals surface area contributed by atoms with Gasteiger partial charge in [0.2, 0.25) is 0 Å². The third-order valence-corrected chi connectivity index (χ3v) is 3.67. The molecule has 0 bridgehead atoms. The Morgan fingerprint density at radius 3 is 2.84 bits per heavy atom. The molecule has 2 amide bonds. The Morgan fingerprint density at radius 1 is 1.53 bits per heavy atom. The number of urea groups is 1. The van der Waals surface area contributed by atoms with Crippen molar-refractivity contribution in [2.45, 2.75) is 12.8 Å². The number of carbonyl (C=O) groups excluding carboxylic acids is 1. The second-order valence-electron chi connectivity index (χ2n) is 4.81. The predicted octanol–water partition coefficient (Wildman–Crippen LogP) is 2.24. The van der Waals surface area contributed by atoms with E-state index in [4.69, 9.17) is 21.4 Å². The number of aliphatic hydroxyl groups excluding tert-OH is 1. The minimum atomic E-state index is -0.338. The molecule has 0 spiro atoms. The van der Waals surface area contributed by atoms with Gasteiger partial charge in [-0.25, -0.2) is 4.79 Å². The predicted molar refractivity (Wildman–Crippen MR) is 73.8 cm³/mol. The molecule has 19 heavy (non-hydrogen) atoms. The van der Waals surface area contributed by atoms with Crippen LogP contribution < -0.4 is 15.4 Å². The number of aliphatic hydroxyl groups is 1. The molecule has 1 aliphatic carbocycles. The lowest BCUT2D eigenvalue weighted by molar-refractivity contribution is 0.206. The van der Waals surface area contributed by atoms with Gasteiger partial charge in [0.15, 0.2) is 0 Å². The summed E-state index contributed by atoms with van der Waals surface area (Å²) in [7, 11) is 1.55. The van der Waals surface area contributed by atoms with Gasteiger partial charge in [0.25, 0.3) is 0 Å². The zero-order valence-electron chi connectivity index (χ0n) is 10.7. The lowest BCUT2D eigenvalue weighted by atomic mass is 10.1. The summed E-state index contributed by atoms with van der Waals surface area (Å²) in [5, 5.41) is 15.0. The molecule has 1 aromatic carbocycles. The van der Waals surface area contributed by atoms with Gasteiger partial charge in [-0.05, 0) is 25.0 Å². The second-order valence-corrected chi connectivity index (χ2v) is 5.22. The van der Waals surface area contributed by atoms with E-state index in [2.05, 4.69) is 10.6 Å². The van der Waals surface area contributed by atoms with Gasteiger partial charge >= 0.3 is 6.03 Å². The van der Waals surface area contributed by atoms with Gasteiger partial charge in [0, 0.05) is 18.0 Å². The molecular weight excluding hydrogens is 268 g/mol. The maximum atomic E-state index is 11.8. The average molecular weight is 285 g/mol.